The molecule has 7 heteroatoms. The number of hydrogen-bond acceptors (Lipinski definition) is 2. The van der Waals surface area contributed by atoms with Gasteiger partial charge in [-0.05, 0) is 42.3 Å². The van der Waals surface area contributed by atoms with Crippen LogP contribution in [0.2, 0.25) is 10.0 Å². The van der Waals surface area contributed by atoms with Gasteiger partial charge in [-0.25, -0.2) is 12.8 Å². The summed E-state index contributed by atoms with van der Waals surface area (Å²) >= 11 is 11.8. The lowest BCUT2D eigenvalue weighted by atomic mass is 10.1. The van der Waals surface area contributed by atoms with Crippen LogP contribution in [-0.2, 0) is 15.8 Å². The van der Waals surface area contributed by atoms with Crippen LogP contribution < -0.4 is 0 Å². The topological polar surface area (TPSA) is 37.4 Å². The maximum Gasteiger partial charge on any atom is 0.218 e. The molecule has 0 aliphatic carbocycles. The molecule has 2 aromatic rings. The standard InChI is InChI=1S/C16H16Cl2FNO2S/c1-11(13-4-6-14(19)7-5-13)20(2)23(21,22)10-12-3-8-15(17)16(18)9-12/h3-9,11H,10H2,1-2H3. The zero-order valence-corrected chi connectivity index (χ0v) is 15.0. The Labute approximate surface area is 145 Å². The van der Waals surface area contributed by atoms with Gasteiger partial charge in [0.1, 0.15) is 5.82 Å². The molecule has 3 nitrogen and oxygen atoms in total. The fraction of sp³-hybridized carbons (Fsp3) is 0.250. The SMILES string of the molecule is CC(c1ccc(F)cc1)N(C)S(=O)(=O)Cc1ccc(Cl)c(Cl)c1. The van der Waals surface area contributed by atoms with E-state index in [-0.39, 0.29) is 11.6 Å². The van der Waals surface area contributed by atoms with Crippen molar-refractivity contribution in [2.24, 2.45) is 0 Å². The molecule has 0 spiro atoms. The van der Waals surface area contributed by atoms with Crippen molar-refractivity contribution in [3.05, 3.63) is 69.5 Å². The van der Waals surface area contributed by atoms with Crippen LogP contribution >= 0.6 is 23.2 Å². The van der Waals surface area contributed by atoms with Gasteiger partial charge in [0.2, 0.25) is 10.0 Å². The van der Waals surface area contributed by atoms with E-state index in [2.05, 4.69) is 0 Å². The van der Waals surface area contributed by atoms with Gasteiger partial charge in [0, 0.05) is 13.1 Å². The second-order valence-electron chi connectivity index (χ2n) is 5.25. The first-order valence-corrected chi connectivity index (χ1v) is 9.22. The predicted molar refractivity (Wildman–Crippen MR) is 91.7 cm³/mol. The van der Waals surface area contributed by atoms with E-state index < -0.39 is 16.1 Å². The van der Waals surface area contributed by atoms with Crippen LogP contribution in [0.4, 0.5) is 4.39 Å². The molecule has 0 saturated carbocycles. The van der Waals surface area contributed by atoms with Gasteiger partial charge in [0.25, 0.3) is 0 Å². The molecule has 0 heterocycles. The lowest BCUT2D eigenvalue weighted by Crippen LogP contribution is -2.30. The van der Waals surface area contributed by atoms with Crippen LogP contribution in [0.5, 0.6) is 0 Å². The van der Waals surface area contributed by atoms with Gasteiger partial charge >= 0.3 is 0 Å². The van der Waals surface area contributed by atoms with E-state index >= 15 is 0 Å². The smallest absolute Gasteiger partial charge is 0.212 e. The normalized spacial score (nSPS) is 13.3. The maximum atomic E-state index is 13.0. The van der Waals surface area contributed by atoms with Gasteiger partial charge in [-0.1, -0.05) is 41.4 Å². The molecular weight excluding hydrogens is 360 g/mol. The summed E-state index contributed by atoms with van der Waals surface area (Å²) < 4.78 is 39.4. The number of benzene rings is 2. The molecule has 124 valence electrons. The highest BCUT2D eigenvalue weighted by molar-refractivity contribution is 7.88. The van der Waals surface area contributed by atoms with Crippen LogP contribution in [-0.4, -0.2) is 19.8 Å². The summed E-state index contributed by atoms with van der Waals surface area (Å²) in [6.45, 7) is 1.75. The van der Waals surface area contributed by atoms with Gasteiger partial charge in [0.05, 0.1) is 15.8 Å². The van der Waals surface area contributed by atoms with Crippen LogP contribution in [0.1, 0.15) is 24.1 Å². The minimum atomic E-state index is -3.56. The fourth-order valence-corrected chi connectivity index (χ4v) is 3.86. The first-order valence-electron chi connectivity index (χ1n) is 6.86. The van der Waals surface area contributed by atoms with Gasteiger partial charge in [-0.2, -0.15) is 4.31 Å². The molecule has 0 aliphatic rings. The lowest BCUT2D eigenvalue weighted by Gasteiger charge is -2.24. The van der Waals surface area contributed by atoms with E-state index in [4.69, 9.17) is 23.2 Å². The number of sulfonamides is 1. The third-order valence-corrected chi connectivity index (χ3v) is 6.30. The molecule has 1 atom stereocenters. The molecule has 0 amide bonds. The quantitative estimate of drug-likeness (QED) is 0.762. The summed E-state index contributed by atoms with van der Waals surface area (Å²) in [6, 6.07) is 10.1. The van der Waals surface area contributed by atoms with Crippen LogP contribution in [0.15, 0.2) is 42.5 Å². The van der Waals surface area contributed by atoms with Gasteiger partial charge in [-0.3, -0.25) is 0 Å². The average Bonchev–Trinajstić information content (AvgIpc) is 2.50. The van der Waals surface area contributed by atoms with E-state index in [0.717, 1.165) is 0 Å². The van der Waals surface area contributed by atoms with Crippen LogP contribution in [0, 0.1) is 5.82 Å². The molecule has 0 fully saturated rings. The zero-order valence-electron chi connectivity index (χ0n) is 12.6. The second-order valence-corrected chi connectivity index (χ2v) is 8.09. The van der Waals surface area contributed by atoms with Crippen LogP contribution in [0.3, 0.4) is 0 Å². The monoisotopic (exact) mass is 375 g/mol. The summed E-state index contributed by atoms with van der Waals surface area (Å²) in [6.07, 6.45) is 0. The molecule has 2 aromatic carbocycles. The van der Waals surface area contributed by atoms with Crippen molar-refractivity contribution in [3.8, 4) is 0 Å². The Morgan fingerprint density at radius 2 is 1.70 bits per heavy atom. The minimum Gasteiger partial charge on any atom is -0.212 e. The van der Waals surface area contributed by atoms with Crippen molar-refractivity contribution in [1.29, 1.82) is 0 Å². The summed E-state index contributed by atoms with van der Waals surface area (Å²) in [5, 5.41) is 0.689. The third-order valence-electron chi connectivity index (χ3n) is 3.67. The molecular formula is C16H16Cl2FNO2S. The molecule has 0 radical (unpaired) electrons. The van der Waals surface area contributed by atoms with E-state index in [9.17, 15) is 12.8 Å². The number of nitrogens with zero attached hydrogens (tertiary/aromatic N) is 1. The Hall–Kier alpha value is -1.14. The Balaban J connectivity index is 2.20. The molecule has 1 unspecified atom stereocenters. The Bertz CT molecular complexity index is 794. The fourth-order valence-electron chi connectivity index (χ4n) is 2.13. The first-order chi connectivity index (χ1) is 10.7. The van der Waals surface area contributed by atoms with Crippen molar-refractivity contribution < 1.29 is 12.8 Å². The maximum absolute atomic E-state index is 13.0. The molecule has 23 heavy (non-hydrogen) atoms. The molecule has 0 bridgehead atoms. The first kappa shape index (κ1) is 18.2. The predicted octanol–water partition coefficient (Wildman–Crippen LogP) is 4.66. The highest BCUT2D eigenvalue weighted by atomic mass is 35.5. The van der Waals surface area contributed by atoms with Gasteiger partial charge < -0.3 is 0 Å². The van der Waals surface area contributed by atoms with E-state index in [1.807, 2.05) is 0 Å². The highest BCUT2D eigenvalue weighted by Gasteiger charge is 2.25. The summed E-state index contributed by atoms with van der Waals surface area (Å²) in [7, 11) is -2.06. The highest BCUT2D eigenvalue weighted by Crippen LogP contribution is 2.26. The van der Waals surface area contributed by atoms with Crippen molar-refractivity contribution in [3.63, 3.8) is 0 Å². The summed E-state index contributed by atoms with van der Waals surface area (Å²) in [5.74, 6) is -0.548. The van der Waals surface area contributed by atoms with E-state index in [0.29, 0.717) is 21.2 Å². The molecule has 2 rings (SSSR count). The van der Waals surface area contributed by atoms with Crippen molar-refractivity contribution in [2.45, 2.75) is 18.7 Å². The van der Waals surface area contributed by atoms with Gasteiger partial charge in [0.15, 0.2) is 0 Å². The molecule has 0 N–H and O–H groups in total. The largest absolute Gasteiger partial charge is 0.218 e. The number of rotatable bonds is 5. The third kappa shape index (κ3) is 4.44. The van der Waals surface area contributed by atoms with Crippen molar-refractivity contribution in [2.75, 3.05) is 7.05 Å². The minimum absolute atomic E-state index is 0.189. The molecule has 0 aromatic heterocycles. The van der Waals surface area contributed by atoms with Gasteiger partial charge in [-0.15, -0.1) is 0 Å². The Kier molecular flexibility index (Phi) is 5.68. The number of halogens is 3. The summed E-state index contributed by atoms with van der Waals surface area (Å²) in [4.78, 5) is 0. The molecule has 0 aliphatic heterocycles. The van der Waals surface area contributed by atoms with Crippen LogP contribution in [0.25, 0.3) is 0 Å². The number of hydrogen-bond donors (Lipinski definition) is 0. The molecule has 0 saturated heterocycles. The Morgan fingerprint density at radius 1 is 1.09 bits per heavy atom. The zero-order chi connectivity index (χ0) is 17.2. The van der Waals surface area contributed by atoms with E-state index in [1.54, 1.807) is 31.2 Å². The average molecular weight is 376 g/mol. The Morgan fingerprint density at radius 3 is 2.26 bits per heavy atom. The summed E-state index contributed by atoms with van der Waals surface area (Å²) in [5.41, 5.74) is 1.27. The lowest BCUT2D eigenvalue weighted by molar-refractivity contribution is 0.397. The van der Waals surface area contributed by atoms with Crippen molar-refractivity contribution in [1.82, 2.24) is 4.31 Å². The second kappa shape index (κ2) is 7.18. The van der Waals surface area contributed by atoms with Crippen molar-refractivity contribution >= 4 is 33.2 Å². The van der Waals surface area contributed by atoms with E-state index in [1.165, 1.54) is 29.6 Å².